The second kappa shape index (κ2) is 7.63. The number of benzene rings is 2. The van der Waals surface area contributed by atoms with E-state index in [9.17, 15) is 18.3 Å². The highest BCUT2D eigenvalue weighted by Gasteiger charge is 2.31. The minimum absolute atomic E-state index is 0.00270. The van der Waals surface area contributed by atoms with E-state index in [-0.39, 0.29) is 29.1 Å². The Morgan fingerprint density at radius 2 is 1.82 bits per heavy atom. The van der Waals surface area contributed by atoms with Crippen molar-refractivity contribution >= 4 is 16.7 Å². The van der Waals surface area contributed by atoms with Crippen LogP contribution in [0, 0.1) is 5.92 Å². The molecular formula is C20H21F3N4O. The lowest BCUT2D eigenvalue weighted by atomic mass is 10.1. The molecule has 0 fully saturated rings. The standard InChI is InChI=1S/C20H21F3N4O/c1-11(2)15(24)10-25-18-13-5-3-4-6-16(13)26-19(27-18)14-9-12(20(21,22)23)7-8-17(14)28/h3-9,11,15,28H,10,24H2,1-2H3,(H,25,26,27)/t15-/m1/s1. The monoisotopic (exact) mass is 390 g/mol. The molecule has 3 rings (SSSR count). The first kappa shape index (κ1) is 19.9. The number of fused-ring (bicyclic) bond motifs is 1. The normalized spacial score (nSPS) is 13.1. The number of hydrogen-bond acceptors (Lipinski definition) is 5. The number of aromatic nitrogens is 2. The molecule has 8 heteroatoms. The van der Waals surface area contributed by atoms with Crippen LogP contribution >= 0.6 is 0 Å². The average molecular weight is 390 g/mol. The van der Waals surface area contributed by atoms with Crippen molar-refractivity contribution in [3.63, 3.8) is 0 Å². The molecule has 28 heavy (non-hydrogen) atoms. The summed E-state index contributed by atoms with van der Waals surface area (Å²) in [7, 11) is 0. The molecule has 0 saturated carbocycles. The van der Waals surface area contributed by atoms with Gasteiger partial charge >= 0.3 is 6.18 Å². The number of hydrogen-bond donors (Lipinski definition) is 3. The van der Waals surface area contributed by atoms with Gasteiger partial charge in [0.2, 0.25) is 0 Å². The molecule has 0 amide bonds. The minimum Gasteiger partial charge on any atom is -0.507 e. The number of nitrogens with one attached hydrogen (secondary N) is 1. The summed E-state index contributed by atoms with van der Waals surface area (Å²) in [6, 6.07) is 9.68. The van der Waals surface area contributed by atoms with Crippen molar-refractivity contribution in [1.29, 1.82) is 0 Å². The fourth-order valence-electron chi connectivity index (χ4n) is 2.67. The average Bonchev–Trinajstić information content (AvgIpc) is 2.64. The number of nitrogens with two attached hydrogens (primary N) is 1. The van der Waals surface area contributed by atoms with Crippen molar-refractivity contribution in [3.8, 4) is 17.1 Å². The fraction of sp³-hybridized carbons (Fsp3) is 0.300. The number of phenolic OH excluding ortho intramolecular Hbond substituents is 1. The maximum absolute atomic E-state index is 13.1. The van der Waals surface area contributed by atoms with Gasteiger partial charge in [0, 0.05) is 18.0 Å². The zero-order chi connectivity index (χ0) is 20.5. The maximum atomic E-state index is 13.1. The molecule has 3 aromatic rings. The summed E-state index contributed by atoms with van der Waals surface area (Å²) in [6.45, 7) is 4.43. The second-order valence-corrected chi connectivity index (χ2v) is 6.93. The Labute approximate surface area is 160 Å². The smallest absolute Gasteiger partial charge is 0.416 e. The summed E-state index contributed by atoms with van der Waals surface area (Å²) in [5, 5.41) is 14.0. The Balaban J connectivity index is 2.10. The van der Waals surface area contributed by atoms with Gasteiger partial charge in [-0.1, -0.05) is 26.0 Å². The number of alkyl halides is 3. The third-order valence-corrected chi connectivity index (χ3v) is 4.53. The number of anilines is 1. The van der Waals surface area contributed by atoms with Crippen LogP contribution in [-0.2, 0) is 6.18 Å². The number of para-hydroxylation sites is 1. The van der Waals surface area contributed by atoms with Crippen LogP contribution in [0.5, 0.6) is 5.75 Å². The number of phenols is 1. The fourth-order valence-corrected chi connectivity index (χ4v) is 2.67. The predicted molar refractivity (Wildman–Crippen MR) is 103 cm³/mol. The molecule has 0 aliphatic heterocycles. The molecule has 0 unspecified atom stereocenters. The molecular weight excluding hydrogens is 369 g/mol. The topological polar surface area (TPSA) is 84.1 Å². The van der Waals surface area contributed by atoms with E-state index in [1.54, 1.807) is 12.1 Å². The Morgan fingerprint density at radius 3 is 2.50 bits per heavy atom. The number of nitrogens with zero attached hydrogens (tertiary/aromatic N) is 2. The number of aromatic hydroxyl groups is 1. The van der Waals surface area contributed by atoms with Crippen molar-refractivity contribution in [3.05, 3.63) is 48.0 Å². The molecule has 0 aliphatic carbocycles. The van der Waals surface area contributed by atoms with E-state index < -0.39 is 11.7 Å². The van der Waals surface area contributed by atoms with Crippen LogP contribution in [0.2, 0.25) is 0 Å². The highest BCUT2D eigenvalue weighted by atomic mass is 19.4. The van der Waals surface area contributed by atoms with E-state index in [4.69, 9.17) is 5.73 Å². The Hall–Kier alpha value is -2.87. The van der Waals surface area contributed by atoms with Gasteiger partial charge in [-0.05, 0) is 36.2 Å². The summed E-state index contributed by atoms with van der Waals surface area (Å²) < 4.78 is 39.3. The Kier molecular flexibility index (Phi) is 5.42. The summed E-state index contributed by atoms with van der Waals surface area (Å²) in [5.74, 6) is 0.372. The predicted octanol–water partition coefficient (Wildman–Crippen LogP) is 4.42. The minimum atomic E-state index is -4.54. The van der Waals surface area contributed by atoms with Gasteiger partial charge in [-0.2, -0.15) is 13.2 Å². The molecule has 1 atom stereocenters. The number of halogens is 3. The molecule has 0 bridgehead atoms. The van der Waals surface area contributed by atoms with Crippen molar-refractivity contribution in [2.24, 2.45) is 11.7 Å². The number of rotatable bonds is 5. The van der Waals surface area contributed by atoms with Crippen LogP contribution in [0.3, 0.4) is 0 Å². The van der Waals surface area contributed by atoms with Crippen molar-refractivity contribution in [1.82, 2.24) is 9.97 Å². The highest BCUT2D eigenvalue weighted by molar-refractivity contribution is 5.91. The molecule has 2 aromatic carbocycles. The van der Waals surface area contributed by atoms with Gasteiger partial charge in [0.05, 0.1) is 16.6 Å². The van der Waals surface area contributed by atoms with Crippen LogP contribution in [0.4, 0.5) is 19.0 Å². The van der Waals surface area contributed by atoms with Gasteiger partial charge in [-0.25, -0.2) is 9.97 Å². The Bertz CT molecular complexity index is 989. The van der Waals surface area contributed by atoms with Gasteiger partial charge in [-0.3, -0.25) is 0 Å². The first-order chi connectivity index (χ1) is 13.2. The van der Waals surface area contributed by atoms with Gasteiger partial charge in [-0.15, -0.1) is 0 Å². The van der Waals surface area contributed by atoms with Crippen LogP contribution in [-0.4, -0.2) is 27.7 Å². The molecule has 1 heterocycles. The van der Waals surface area contributed by atoms with Crippen molar-refractivity contribution < 1.29 is 18.3 Å². The van der Waals surface area contributed by atoms with E-state index in [1.165, 1.54) is 0 Å². The van der Waals surface area contributed by atoms with Gasteiger partial charge in [0.25, 0.3) is 0 Å². The Morgan fingerprint density at radius 1 is 1.11 bits per heavy atom. The molecule has 1 aromatic heterocycles. The van der Waals surface area contributed by atoms with E-state index in [0.717, 1.165) is 18.2 Å². The first-order valence-electron chi connectivity index (χ1n) is 8.83. The summed E-state index contributed by atoms with van der Waals surface area (Å²) in [4.78, 5) is 8.72. The third kappa shape index (κ3) is 4.17. The first-order valence-corrected chi connectivity index (χ1v) is 8.83. The molecule has 0 aliphatic rings. The van der Waals surface area contributed by atoms with E-state index in [0.29, 0.717) is 23.3 Å². The SMILES string of the molecule is CC(C)[C@H](N)CNc1nc(-c2cc(C(F)(F)F)ccc2O)nc2ccccc12. The van der Waals surface area contributed by atoms with Crippen LogP contribution in [0.1, 0.15) is 19.4 Å². The lowest BCUT2D eigenvalue weighted by Gasteiger charge is -2.18. The molecule has 4 N–H and O–H groups in total. The zero-order valence-corrected chi connectivity index (χ0v) is 15.5. The van der Waals surface area contributed by atoms with Crippen LogP contribution < -0.4 is 11.1 Å². The molecule has 0 spiro atoms. The molecule has 148 valence electrons. The summed E-state index contributed by atoms with van der Waals surface area (Å²) >= 11 is 0. The van der Waals surface area contributed by atoms with E-state index in [2.05, 4.69) is 15.3 Å². The van der Waals surface area contributed by atoms with Gasteiger partial charge < -0.3 is 16.2 Å². The van der Waals surface area contributed by atoms with E-state index in [1.807, 2.05) is 26.0 Å². The third-order valence-electron chi connectivity index (χ3n) is 4.53. The van der Waals surface area contributed by atoms with Gasteiger partial charge in [0.15, 0.2) is 5.82 Å². The quantitative estimate of drug-likeness (QED) is 0.601. The summed E-state index contributed by atoms with van der Waals surface area (Å²) in [6.07, 6.45) is -4.54. The van der Waals surface area contributed by atoms with Gasteiger partial charge in [0.1, 0.15) is 11.6 Å². The highest BCUT2D eigenvalue weighted by Crippen LogP contribution is 2.36. The molecule has 5 nitrogen and oxygen atoms in total. The second-order valence-electron chi connectivity index (χ2n) is 6.93. The van der Waals surface area contributed by atoms with E-state index >= 15 is 0 Å². The summed E-state index contributed by atoms with van der Waals surface area (Å²) in [5.41, 5.74) is 5.66. The molecule has 0 saturated heterocycles. The molecule has 0 radical (unpaired) electrons. The van der Waals surface area contributed by atoms with Crippen LogP contribution in [0.25, 0.3) is 22.3 Å². The lowest BCUT2D eigenvalue weighted by molar-refractivity contribution is -0.137. The van der Waals surface area contributed by atoms with Crippen molar-refractivity contribution in [2.45, 2.75) is 26.1 Å². The lowest BCUT2D eigenvalue weighted by Crippen LogP contribution is -2.34. The maximum Gasteiger partial charge on any atom is 0.416 e. The van der Waals surface area contributed by atoms with Crippen LogP contribution in [0.15, 0.2) is 42.5 Å². The van der Waals surface area contributed by atoms with Crippen molar-refractivity contribution in [2.75, 3.05) is 11.9 Å². The zero-order valence-electron chi connectivity index (χ0n) is 15.5. The largest absolute Gasteiger partial charge is 0.507 e.